The predicted octanol–water partition coefficient (Wildman–Crippen LogP) is 2.97. The smallest absolute Gasteiger partial charge is 0.317 e. The molecule has 1 atom stereocenters. The molecule has 5 heteroatoms. The van der Waals surface area contributed by atoms with Gasteiger partial charge in [0, 0.05) is 26.7 Å². The zero-order valence-electron chi connectivity index (χ0n) is 13.7. The zero-order valence-corrected chi connectivity index (χ0v) is 13.7. The lowest BCUT2D eigenvalue weighted by atomic mass is 9.77. The van der Waals surface area contributed by atoms with E-state index in [1.54, 1.807) is 7.05 Å². The van der Waals surface area contributed by atoms with Crippen molar-refractivity contribution in [1.82, 2.24) is 10.2 Å². The largest absolute Gasteiger partial charge is 0.375 e. The fourth-order valence-electron chi connectivity index (χ4n) is 3.88. The van der Waals surface area contributed by atoms with Crippen LogP contribution in [-0.4, -0.2) is 43.3 Å². The Balaban J connectivity index is 1.58. The van der Waals surface area contributed by atoms with E-state index in [4.69, 9.17) is 4.74 Å². The summed E-state index contributed by atoms with van der Waals surface area (Å²) in [5.74, 6) is 0.388. The van der Waals surface area contributed by atoms with Gasteiger partial charge in [0.1, 0.15) is 5.82 Å². The average Bonchev–Trinajstić information content (AvgIpc) is 2.57. The Kier molecular flexibility index (Phi) is 4.85. The maximum absolute atomic E-state index is 13.0. The molecule has 2 fully saturated rings. The summed E-state index contributed by atoms with van der Waals surface area (Å²) in [4.78, 5) is 13.6. The van der Waals surface area contributed by atoms with Crippen LogP contribution < -0.4 is 5.32 Å². The van der Waals surface area contributed by atoms with Gasteiger partial charge < -0.3 is 15.0 Å². The van der Waals surface area contributed by atoms with Gasteiger partial charge in [-0.3, -0.25) is 0 Å². The number of piperidine rings is 1. The highest BCUT2D eigenvalue weighted by Gasteiger charge is 2.40. The quantitative estimate of drug-likeness (QED) is 0.910. The van der Waals surface area contributed by atoms with E-state index in [2.05, 4.69) is 5.32 Å². The average molecular weight is 320 g/mol. The van der Waals surface area contributed by atoms with E-state index >= 15 is 0 Å². The number of nitrogens with zero attached hydrogens (tertiary/aromatic N) is 1. The SMILES string of the molecule is CNC(=O)N1CCC2(CC1)CC(Cc1ccc(F)cc1)CCO2. The Morgan fingerprint density at radius 3 is 2.70 bits per heavy atom. The first-order chi connectivity index (χ1) is 11.1. The van der Waals surface area contributed by atoms with Gasteiger partial charge in [-0.25, -0.2) is 9.18 Å². The second-order valence-corrected chi connectivity index (χ2v) is 6.76. The second kappa shape index (κ2) is 6.87. The number of halogens is 1. The van der Waals surface area contributed by atoms with E-state index in [1.807, 2.05) is 17.0 Å². The standard InChI is InChI=1S/C18H25FN2O2/c1-20-17(22)21-9-7-18(8-10-21)13-15(6-11-23-18)12-14-2-4-16(19)5-3-14/h2-5,15H,6-13H2,1H3,(H,20,22). The Labute approximate surface area is 137 Å². The van der Waals surface area contributed by atoms with Crippen LogP contribution in [0.3, 0.4) is 0 Å². The summed E-state index contributed by atoms with van der Waals surface area (Å²) >= 11 is 0. The summed E-state index contributed by atoms with van der Waals surface area (Å²) in [6.07, 6.45) is 4.87. The molecular formula is C18H25FN2O2. The van der Waals surface area contributed by atoms with Crippen molar-refractivity contribution in [3.05, 3.63) is 35.6 Å². The second-order valence-electron chi connectivity index (χ2n) is 6.76. The van der Waals surface area contributed by atoms with Crippen LogP contribution in [0, 0.1) is 11.7 Å². The molecule has 1 spiro atoms. The highest BCUT2D eigenvalue weighted by molar-refractivity contribution is 5.73. The van der Waals surface area contributed by atoms with Gasteiger partial charge in [-0.2, -0.15) is 0 Å². The molecule has 3 rings (SSSR count). The van der Waals surface area contributed by atoms with Crippen molar-refractivity contribution in [2.24, 2.45) is 5.92 Å². The molecule has 4 nitrogen and oxygen atoms in total. The number of carbonyl (C=O) groups is 1. The molecule has 1 N–H and O–H groups in total. The molecule has 2 amide bonds. The molecular weight excluding hydrogens is 295 g/mol. The van der Waals surface area contributed by atoms with E-state index in [0.29, 0.717) is 5.92 Å². The normalized spacial score (nSPS) is 23.7. The predicted molar refractivity (Wildman–Crippen MR) is 86.8 cm³/mol. The summed E-state index contributed by atoms with van der Waals surface area (Å²) in [7, 11) is 1.67. The third-order valence-corrected chi connectivity index (χ3v) is 5.21. The van der Waals surface area contributed by atoms with Crippen LogP contribution in [0.15, 0.2) is 24.3 Å². The number of rotatable bonds is 2. The van der Waals surface area contributed by atoms with Crippen molar-refractivity contribution in [3.8, 4) is 0 Å². The Bertz CT molecular complexity index is 538. The number of benzene rings is 1. The lowest BCUT2D eigenvalue weighted by Crippen LogP contribution is -2.52. The summed E-state index contributed by atoms with van der Waals surface area (Å²) in [5, 5.41) is 2.69. The first-order valence-electron chi connectivity index (χ1n) is 8.45. The molecule has 1 unspecified atom stereocenters. The van der Waals surface area contributed by atoms with E-state index in [9.17, 15) is 9.18 Å². The van der Waals surface area contributed by atoms with Crippen LogP contribution in [0.4, 0.5) is 9.18 Å². The summed E-state index contributed by atoms with van der Waals surface area (Å²) in [6.45, 7) is 2.29. The topological polar surface area (TPSA) is 41.6 Å². The van der Waals surface area contributed by atoms with Gasteiger partial charge >= 0.3 is 6.03 Å². The minimum Gasteiger partial charge on any atom is -0.375 e. The lowest BCUT2D eigenvalue weighted by molar-refractivity contribution is -0.122. The molecule has 1 aromatic carbocycles. The molecule has 126 valence electrons. The molecule has 23 heavy (non-hydrogen) atoms. The van der Waals surface area contributed by atoms with Crippen LogP contribution in [-0.2, 0) is 11.2 Å². The number of carbonyl (C=O) groups excluding carboxylic acids is 1. The fraction of sp³-hybridized carbons (Fsp3) is 0.611. The highest BCUT2D eigenvalue weighted by Crippen LogP contribution is 2.38. The van der Waals surface area contributed by atoms with Gasteiger partial charge in [0.2, 0.25) is 0 Å². The maximum atomic E-state index is 13.0. The van der Waals surface area contributed by atoms with Crippen molar-refractivity contribution < 1.29 is 13.9 Å². The van der Waals surface area contributed by atoms with Gasteiger partial charge in [-0.1, -0.05) is 12.1 Å². The van der Waals surface area contributed by atoms with Crippen LogP contribution in [0.5, 0.6) is 0 Å². The molecule has 2 saturated heterocycles. The number of amides is 2. The monoisotopic (exact) mass is 320 g/mol. The van der Waals surface area contributed by atoms with Gasteiger partial charge in [0.15, 0.2) is 0 Å². The third kappa shape index (κ3) is 3.83. The van der Waals surface area contributed by atoms with Gasteiger partial charge in [-0.15, -0.1) is 0 Å². The van der Waals surface area contributed by atoms with Gasteiger partial charge in [0.05, 0.1) is 5.60 Å². The van der Waals surface area contributed by atoms with E-state index < -0.39 is 0 Å². The molecule has 0 bridgehead atoms. The molecule has 0 aromatic heterocycles. The first kappa shape index (κ1) is 16.2. The molecule has 2 heterocycles. The lowest BCUT2D eigenvalue weighted by Gasteiger charge is -2.46. The fourth-order valence-corrected chi connectivity index (χ4v) is 3.88. The van der Waals surface area contributed by atoms with Crippen LogP contribution >= 0.6 is 0 Å². The van der Waals surface area contributed by atoms with Crippen LogP contribution in [0.25, 0.3) is 0 Å². The molecule has 0 radical (unpaired) electrons. The van der Waals surface area contributed by atoms with E-state index in [0.717, 1.165) is 51.8 Å². The Morgan fingerprint density at radius 1 is 1.35 bits per heavy atom. The summed E-state index contributed by atoms with van der Waals surface area (Å²) in [5.41, 5.74) is 1.12. The Hall–Kier alpha value is -1.62. The number of nitrogens with one attached hydrogen (secondary N) is 1. The number of likely N-dealkylation sites (tertiary alicyclic amines) is 1. The zero-order chi connectivity index (χ0) is 16.3. The molecule has 0 saturated carbocycles. The van der Waals surface area contributed by atoms with Gasteiger partial charge in [-0.05, 0) is 55.7 Å². The molecule has 2 aliphatic heterocycles. The molecule has 0 aliphatic carbocycles. The van der Waals surface area contributed by atoms with Crippen molar-refractivity contribution in [1.29, 1.82) is 0 Å². The summed E-state index contributed by atoms with van der Waals surface area (Å²) in [6, 6.07) is 6.83. The maximum Gasteiger partial charge on any atom is 0.317 e. The number of ether oxygens (including phenoxy) is 1. The van der Waals surface area contributed by atoms with Gasteiger partial charge in [0.25, 0.3) is 0 Å². The molecule has 2 aliphatic rings. The minimum absolute atomic E-state index is 0.00137. The Morgan fingerprint density at radius 2 is 2.04 bits per heavy atom. The highest BCUT2D eigenvalue weighted by atomic mass is 19.1. The number of hydrogen-bond donors (Lipinski definition) is 1. The van der Waals surface area contributed by atoms with Crippen LogP contribution in [0.2, 0.25) is 0 Å². The molecule has 1 aromatic rings. The van der Waals surface area contributed by atoms with Crippen molar-refractivity contribution in [3.63, 3.8) is 0 Å². The van der Waals surface area contributed by atoms with E-state index in [-0.39, 0.29) is 17.4 Å². The van der Waals surface area contributed by atoms with Crippen LogP contribution in [0.1, 0.15) is 31.2 Å². The summed E-state index contributed by atoms with van der Waals surface area (Å²) < 4.78 is 19.2. The van der Waals surface area contributed by atoms with E-state index in [1.165, 1.54) is 17.7 Å². The van der Waals surface area contributed by atoms with Crippen molar-refractivity contribution >= 4 is 6.03 Å². The number of urea groups is 1. The third-order valence-electron chi connectivity index (χ3n) is 5.21. The van der Waals surface area contributed by atoms with Crippen molar-refractivity contribution in [2.45, 2.75) is 37.7 Å². The first-order valence-corrected chi connectivity index (χ1v) is 8.45. The number of hydrogen-bond acceptors (Lipinski definition) is 2. The minimum atomic E-state index is -0.182. The van der Waals surface area contributed by atoms with Crippen molar-refractivity contribution in [2.75, 3.05) is 26.7 Å².